The van der Waals surface area contributed by atoms with Crippen molar-refractivity contribution in [3.05, 3.63) is 93.8 Å². The molecule has 0 radical (unpaired) electrons. The van der Waals surface area contributed by atoms with Gasteiger partial charge in [0.05, 0.1) is 33.0 Å². The fourth-order valence-corrected chi connectivity index (χ4v) is 5.02. The zero-order valence-corrected chi connectivity index (χ0v) is 21.1. The molecular weight excluding hydrogens is 492 g/mol. The van der Waals surface area contributed by atoms with E-state index in [1.807, 2.05) is 47.8 Å². The van der Waals surface area contributed by atoms with Crippen LogP contribution in [0.5, 0.6) is 5.75 Å². The van der Waals surface area contributed by atoms with Gasteiger partial charge in [-0.2, -0.15) is 0 Å². The van der Waals surface area contributed by atoms with E-state index in [0.717, 1.165) is 16.2 Å². The number of methoxy groups -OCH3 is 1. The number of thiophene rings is 1. The molecule has 37 heavy (non-hydrogen) atoms. The average molecular weight is 521 g/mol. The molecule has 3 aromatic rings. The highest BCUT2D eigenvalue weighted by atomic mass is 32.1. The largest absolute Gasteiger partial charge is 0.497 e. The van der Waals surface area contributed by atoms with E-state index < -0.39 is 5.91 Å². The molecule has 4 atom stereocenters. The number of ether oxygens (including phenoxy) is 4. The Morgan fingerprint density at radius 2 is 1.78 bits per heavy atom. The summed E-state index contributed by atoms with van der Waals surface area (Å²) in [6.45, 7) is 1.09. The van der Waals surface area contributed by atoms with Crippen LogP contribution < -0.4 is 15.4 Å². The Bertz CT molecular complexity index is 1230. The van der Waals surface area contributed by atoms with Gasteiger partial charge >= 0.3 is 0 Å². The summed E-state index contributed by atoms with van der Waals surface area (Å²) in [5, 5.41) is 7.66. The van der Waals surface area contributed by atoms with E-state index in [0.29, 0.717) is 25.4 Å². The number of hydrogen-bond donors (Lipinski definition) is 2. The molecule has 0 aliphatic carbocycles. The van der Waals surface area contributed by atoms with Gasteiger partial charge in [0.1, 0.15) is 29.8 Å². The predicted octanol–water partition coefficient (Wildman–Crippen LogP) is 3.40. The Kier molecular flexibility index (Phi) is 7.96. The molecule has 0 bridgehead atoms. The van der Waals surface area contributed by atoms with Crippen molar-refractivity contribution >= 4 is 29.2 Å². The number of rotatable bonds is 9. The van der Waals surface area contributed by atoms with E-state index in [1.165, 1.54) is 11.3 Å². The monoisotopic (exact) mass is 520 g/mol. The second-order valence-corrected chi connectivity index (χ2v) is 9.75. The first-order chi connectivity index (χ1) is 18.1. The van der Waals surface area contributed by atoms with Gasteiger partial charge in [0, 0.05) is 10.4 Å². The standard InChI is InChI=1S/C28H28N2O6S/c1-33-20-11-9-18(10-12-20)15-34-24-17-36-25-23(16-35-26(24)25)30-28(32)22(14-21-8-5-13-37-21)29-27(31)19-6-3-2-4-7-19/h2-14,23-26H,15-17H2,1H3,(H,29,31)(H,30,32)/b22-14-/t23-,24-,25+,26+/m0/s1. The Morgan fingerprint density at radius 3 is 2.51 bits per heavy atom. The van der Waals surface area contributed by atoms with Crippen LogP contribution in [-0.4, -0.2) is 56.5 Å². The third-order valence-electron chi connectivity index (χ3n) is 6.31. The highest BCUT2D eigenvalue weighted by molar-refractivity contribution is 7.10. The summed E-state index contributed by atoms with van der Waals surface area (Å²) in [4.78, 5) is 26.9. The molecule has 2 fully saturated rings. The second-order valence-electron chi connectivity index (χ2n) is 8.77. The van der Waals surface area contributed by atoms with Crippen LogP contribution in [0.25, 0.3) is 6.08 Å². The van der Waals surface area contributed by atoms with Gasteiger partial charge < -0.3 is 29.6 Å². The number of carbonyl (C=O) groups is 2. The topological polar surface area (TPSA) is 95.1 Å². The molecule has 0 spiro atoms. The lowest BCUT2D eigenvalue weighted by Crippen LogP contribution is -2.46. The lowest BCUT2D eigenvalue weighted by atomic mass is 10.1. The minimum atomic E-state index is -0.405. The van der Waals surface area contributed by atoms with Crippen LogP contribution in [0, 0.1) is 0 Å². The van der Waals surface area contributed by atoms with Crippen molar-refractivity contribution in [1.29, 1.82) is 0 Å². The summed E-state index contributed by atoms with van der Waals surface area (Å²) in [6, 6.07) is 19.9. The van der Waals surface area contributed by atoms with Crippen molar-refractivity contribution in [2.75, 3.05) is 20.3 Å². The summed E-state index contributed by atoms with van der Waals surface area (Å²) in [5.41, 5.74) is 1.64. The Hall–Kier alpha value is -3.50. The van der Waals surface area contributed by atoms with Gasteiger partial charge in [-0.15, -0.1) is 11.3 Å². The van der Waals surface area contributed by atoms with Crippen LogP contribution in [0.2, 0.25) is 0 Å². The molecule has 0 unspecified atom stereocenters. The van der Waals surface area contributed by atoms with Gasteiger partial charge in [-0.1, -0.05) is 36.4 Å². The van der Waals surface area contributed by atoms with E-state index >= 15 is 0 Å². The summed E-state index contributed by atoms with van der Waals surface area (Å²) >= 11 is 1.48. The normalized spacial score (nSPS) is 22.9. The molecule has 2 amide bonds. The van der Waals surface area contributed by atoms with Crippen LogP contribution in [0.15, 0.2) is 77.8 Å². The van der Waals surface area contributed by atoms with Crippen molar-refractivity contribution in [1.82, 2.24) is 10.6 Å². The molecule has 9 heteroatoms. The van der Waals surface area contributed by atoms with E-state index in [4.69, 9.17) is 18.9 Å². The molecule has 2 aromatic carbocycles. The Labute approximate surface area is 219 Å². The number of benzene rings is 2. The van der Waals surface area contributed by atoms with Gasteiger partial charge in [-0.3, -0.25) is 9.59 Å². The summed E-state index contributed by atoms with van der Waals surface area (Å²) in [5.74, 6) is 0.0273. The fraction of sp³-hybridized carbons (Fsp3) is 0.286. The summed E-state index contributed by atoms with van der Waals surface area (Å²) < 4.78 is 23.2. The van der Waals surface area contributed by atoms with E-state index in [1.54, 1.807) is 37.5 Å². The van der Waals surface area contributed by atoms with Crippen molar-refractivity contribution in [2.45, 2.75) is 31.0 Å². The number of hydrogen-bond acceptors (Lipinski definition) is 7. The predicted molar refractivity (Wildman–Crippen MR) is 139 cm³/mol. The number of amides is 2. The van der Waals surface area contributed by atoms with Crippen LogP contribution in [-0.2, 0) is 25.6 Å². The molecule has 2 saturated heterocycles. The lowest BCUT2D eigenvalue weighted by molar-refractivity contribution is -0.119. The number of fused-ring (bicyclic) bond motifs is 1. The van der Waals surface area contributed by atoms with Gasteiger partial charge in [-0.05, 0) is 47.4 Å². The van der Waals surface area contributed by atoms with Crippen molar-refractivity contribution in [2.24, 2.45) is 0 Å². The van der Waals surface area contributed by atoms with Gasteiger partial charge in [0.2, 0.25) is 0 Å². The van der Waals surface area contributed by atoms with Crippen LogP contribution in [0.1, 0.15) is 20.8 Å². The Balaban J connectivity index is 1.21. The highest BCUT2D eigenvalue weighted by Gasteiger charge is 2.49. The SMILES string of the molecule is COc1ccc(CO[C@H]2CO[C@H]3[C@@H]2OC[C@@H]3NC(=O)/C(=C/c2cccs2)NC(=O)c2ccccc2)cc1. The zero-order chi connectivity index (χ0) is 25.6. The zero-order valence-electron chi connectivity index (χ0n) is 20.3. The molecule has 8 nitrogen and oxygen atoms in total. The lowest BCUT2D eigenvalue weighted by Gasteiger charge is -2.19. The van der Waals surface area contributed by atoms with Crippen molar-refractivity contribution in [3.63, 3.8) is 0 Å². The molecule has 3 heterocycles. The van der Waals surface area contributed by atoms with Gasteiger partial charge in [0.25, 0.3) is 11.8 Å². The summed E-state index contributed by atoms with van der Waals surface area (Å²) in [7, 11) is 1.63. The van der Waals surface area contributed by atoms with Gasteiger partial charge in [0.15, 0.2) is 0 Å². The maximum atomic E-state index is 13.3. The number of carbonyl (C=O) groups excluding carboxylic acids is 2. The fourth-order valence-electron chi connectivity index (χ4n) is 4.36. The molecule has 2 N–H and O–H groups in total. The molecular formula is C28H28N2O6S. The quantitative estimate of drug-likeness (QED) is 0.420. The molecule has 192 valence electrons. The van der Waals surface area contributed by atoms with E-state index in [9.17, 15) is 9.59 Å². The van der Waals surface area contributed by atoms with Crippen LogP contribution in [0.3, 0.4) is 0 Å². The minimum Gasteiger partial charge on any atom is -0.497 e. The smallest absolute Gasteiger partial charge is 0.268 e. The minimum absolute atomic E-state index is 0.157. The maximum Gasteiger partial charge on any atom is 0.268 e. The molecule has 1 aromatic heterocycles. The third-order valence-corrected chi connectivity index (χ3v) is 7.13. The molecule has 5 rings (SSSR count). The van der Waals surface area contributed by atoms with E-state index in [-0.39, 0.29) is 36.0 Å². The van der Waals surface area contributed by atoms with Crippen molar-refractivity contribution < 1.29 is 28.5 Å². The van der Waals surface area contributed by atoms with Gasteiger partial charge in [-0.25, -0.2) is 0 Å². The highest BCUT2D eigenvalue weighted by Crippen LogP contribution is 2.30. The first-order valence-corrected chi connectivity index (χ1v) is 12.9. The first kappa shape index (κ1) is 25.2. The van der Waals surface area contributed by atoms with Crippen LogP contribution in [0.4, 0.5) is 0 Å². The molecule has 0 saturated carbocycles. The number of nitrogens with one attached hydrogen (secondary N) is 2. The Morgan fingerprint density at radius 1 is 1.00 bits per heavy atom. The maximum absolute atomic E-state index is 13.3. The average Bonchev–Trinajstić information content (AvgIpc) is 3.68. The summed E-state index contributed by atoms with van der Waals surface area (Å²) in [6.07, 6.45) is 0.808. The third kappa shape index (κ3) is 6.08. The molecule has 2 aliphatic rings. The molecule has 2 aliphatic heterocycles. The first-order valence-electron chi connectivity index (χ1n) is 12.0. The van der Waals surface area contributed by atoms with Crippen molar-refractivity contribution in [3.8, 4) is 5.75 Å². The van der Waals surface area contributed by atoms with E-state index in [2.05, 4.69) is 10.6 Å². The second kappa shape index (κ2) is 11.7. The van der Waals surface area contributed by atoms with Crippen LogP contribution >= 0.6 is 11.3 Å².